The zero-order chi connectivity index (χ0) is 22.1. The lowest BCUT2D eigenvalue weighted by Gasteiger charge is -2.35. The number of hydrogen-bond donors (Lipinski definition) is 2. The van der Waals surface area contributed by atoms with Crippen LogP contribution in [0.5, 0.6) is 0 Å². The number of carbonyl (C=O) groups is 3. The van der Waals surface area contributed by atoms with Crippen molar-refractivity contribution in [2.24, 2.45) is 0 Å². The monoisotopic (exact) mass is 411 g/mol. The van der Waals surface area contributed by atoms with Crippen molar-refractivity contribution >= 4 is 17.7 Å². The van der Waals surface area contributed by atoms with Crippen LogP contribution in [-0.2, 0) is 14.4 Å². The highest BCUT2D eigenvalue weighted by Crippen LogP contribution is 2.22. The molecule has 0 heterocycles. The summed E-state index contributed by atoms with van der Waals surface area (Å²) < 4.78 is 0. The molecule has 0 aliphatic carbocycles. The van der Waals surface area contributed by atoms with Crippen molar-refractivity contribution in [1.29, 1.82) is 0 Å². The highest BCUT2D eigenvalue weighted by Gasteiger charge is 2.47. The van der Waals surface area contributed by atoms with Crippen LogP contribution in [0.1, 0.15) is 37.0 Å². The van der Waals surface area contributed by atoms with E-state index in [2.05, 4.69) is 10.8 Å². The summed E-state index contributed by atoms with van der Waals surface area (Å²) in [7, 11) is 2.84. The van der Waals surface area contributed by atoms with E-state index < -0.39 is 23.3 Å². The predicted molar refractivity (Wildman–Crippen MR) is 115 cm³/mol. The maximum absolute atomic E-state index is 13.1. The minimum absolute atomic E-state index is 0.324. The quantitative estimate of drug-likeness (QED) is 0.377. The van der Waals surface area contributed by atoms with Gasteiger partial charge in [0.15, 0.2) is 5.54 Å². The van der Waals surface area contributed by atoms with E-state index in [4.69, 9.17) is 4.84 Å². The van der Waals surface area contributed by atoms with Crippen LogP contribution in [-0.4, -0.2) is 48.9 Å². The van der Waals surface area contributed by atoms with Gasteiger partial charge in [-0.05, 0) is 36.6 Å². The van der Waals surface area contributed by atoms with E-state index in [9.17, 15) is 14.4 Å². The Kier molecular flexibility index (Phi) is 8.12. The summed E-state index contributed by atoms with van der Waals surface area (Å²) in [4.78, 5) is 44.7. The van der Waals surface area contributed by atoms with Crippen molar-refractivity contribution < 1.29 is 19.2 Å². The van der Waals surface area contributed by atoms with Gasteiger partial charge in [-0.2, -0.15) is 0 Å². The molecule has 30 heavy (non-hydrogen) atoms. The van der Waals surface area contributed by atoms with Crippen LogP contribution in [0.15, 0.2) is 54.6 Å². The van der Waals surface area contributed by atoms with Crippen LogP contribution in [0.2, 0.25) is 0 Å². The van der Waals surface area contributed by atoms with Crippen LogP contribution in [0.4, 0.5) is 0 Å². The van der Waals surface area contributed by atoms with E-state index in [1.54, 1.807) is 12.1 Å². The fourth-order valence-corrected chi connectivity index (χ4v) is 2.92. The molecule has 0 aliphatic rings. The third kappa shape index (κ3) is 5.04. The van der Waals surface area contributed by atoms with E-state index >= 15 is 0 Å². The molecule has 0 spiro atoms. The van der Waals surface area contributed by atoms with Crippen molar-refractivity contribution in [3.63, 3.8) is 0 Å². The van der Waals surface area contributed by atoms with Crippen molar-refractivity contribution in [2.45, 2.75) is 32.2 Å². The second-order valence-corrected chi connectivity index (χ2v) is 7.09. The molecule has 1 atom stereocenters. The number of nitrogens with one attached hydrogen (secondary N) is 2. The summed E-state index contributed by atoms with van der Waals surface area (Å²) in [6.45, 7) is 3.71. The smallest absolute Gasteiger partial charge is 0.279 e. The molecule has 160 valence electrons. The summed E-state index contributed by atoms with van der Waals surface area (Å²) in [6, 6.07) is 16.8. The second kappa shape index (κ2) is 10.5. The minimum Gasteiger partial charge on any atom is -0.357 e. The number of rotatable bonds is 9. The fourth-order valence-electron chi connectivity index (χ4n) is 2.92. The average Bonchev–Trinajstić information content (AvgIpc) is 2.80. The zero-order valence-corrected chi connectivity index (χ0v) is 17.9. The van der Waals surface area contributed by atoms with Crippen molar-refractivity contribution in [1.82, 2.24) is 15.7 Å². The number of nitrogens with zero attached hydrogens (tertiary/aromatic N) is 1. The highest BCUT2D eigenvalue weighted by atomic mass is 16.7. The molecule has 0 aromatic heterocycles. The van der Waals surface area contributed by atoms with Gasteiger partial charge in [-0.25, -0.2) is 5.48 Å². The van der Waals surface area contributed by atoms with E-state index in [-0.39, 0.29) is 0 Å². The molecule has 3 amide bonds. The van der Waals surface area contributed by atoms with Gasteiger partial charge in [-0.15, -0.1) is 0 Å². The fraction of sp³-hybridized carbons (Fsp3) is 0.348. The molecule has 1 unspecified atom stereocenters. The molecule has 0 radical (unpaired) electrons. The molecule has 0 fully saturated rings. The zero-order valence-electron chi connectivity index (χ0n) is 17.9. The Labute approximate surface area is 177 Å². The van der Waals surface area contributed by atoms with Gasteiger partial charge in [0.25, 0.3) is 17.7 Å². The van der Waals surface area contributed by atoms with Crippen LogP contribution >= 0.6 is 0 Å². The molecular formula is C23H29N3O4. The number of amides is 3. The number of hydrogen-bond acceptors (Lipinski definition) is 4. The first kappa shape index (κ1) is 23.1. The van der Waals surface area contributed by atoms with Gasteiger partial charge >= 0.3 is 0 Å². The van der Waals surface area contributed by atoms with Gasteiger partial charge in [0.1, 0.15) is 0 Å². The molecule has 0 aliphatic heterocycles. The van der Waals surface area contributed by atoms with Crippen molar-refractivity contribution in [3.8, 4) is 11.1 Å². The van der Waals surface area contributed by atoms with Gasteiger partial charge in [0.2, 0.25) is 0 Å². The lowest BCUT2D eigenvalue weighted by atomic mass is 9.96. The van der Waals surface area contributed by atoms with Crippen LogP contribution in [0.25, 0.3) is 11.1 Å². The molecule has 0 saturated heterocycles. The normalized spacial score (nSPS) is 12.5. The van der Waals surface area contributed by atoms with Gasteiger partial charge in [-0.3, -0.25) is 19.2 Å². The van der Waals surface area contributed by atoms with Crippen LogP contribution < -0.4 is 10.8 Å². The third-order valence-electron chi connectivity index (χ3n) is 5.09. The number of unbranched alkanes of at least 4 members (excludes halogenated alkanes) is 1. The Morgan fingerprint density at radius 2 is 1.57 bits per heavy atom. The first-order valence-corrected chi connectivity index (χ1v) is 9.94. The Hall–Kier alpha value is -3.19. The maximum Gasteiger partial charge on any atom is 0.279 e. The predicted octanol–water partition coefficient (Wildman–Crippen LogP) is 2.78. The van der Waals surface area contributed by atoms with Gasteiger partial charge < -0.3 is 10.2 Å². The summed E-state index contributed by atoms with van der Waals surface area (Å²) in [5.41, 5.74) is 2.88. The average molecular weight is 412 g/mol. The van der Waals surface area contributed by atoms with E-state index in [0.29, 0.717) is 12.2 Å². The molecule has 2 aromatic rings. The first-order chi connectivity index (χ1) is 14.4. The highest BCUT2D eigenvalue weighted by molar-refractivity contribution is 6.12. The Balaban J connectivity index is 2.22. The SMILES string of the molecule is CCCCONC(=O)C(C)(C(=O)NC)N(C)C(=O)c1ccc(-c2ccccc2)cc1. The standard InChI is InChI=1S/C23H29N3O4/c1-5-6-16-30-25-22(29)23(2,21(28)24-3)26(4)20(27)19-14-12-18(13-15-19)17-10-8-7-9-11-17/h7-15H,5-6,16H2,1-4H3,(H,24,28)(H,25,29). The molecule has 0 bridgehead atoms. The third-order valence-corrected chi connectivity index (χ3v) is 5.09. The Morgan fingerprint density at radius 1 is 0.967 bits per heavy atom. The van der Waals surface area contributed by atoms with Gasteiger partial charge in [0.05, 0.1) is 6.61 Å². The number of carbonyl (C=O) groups excluding carboxylic acids is 3. The number of likely N-dealkylation sites (N-methyl/N-ethyl adjacent to an activating group) is 2. The number of benzene rings is 2. The molecular weight excluding hydrogens is 382 g/mol. The van der Waals surface area contributed by atoms with E-state index in [1.165, 1.54) is 21.0 Å². The summed E-state index contributed by atoms with van der Waals surface area (Å²) in [5, 5.41) is 2.46. The van der Waals surface area contributed by atoms with E-state index in [0.717, 1.165) is 28.9 Å². The van der Waals surface area contributed by atoms with Crippen LogP contribution in [0.3, 0.4) is 0 Å². The summed E-state index contributed by atoms with van der Waals surface area (Å²) in [5.74, 6) is -1.78. The lowest BCUT2D eigenvalue weighted by Crippen LogP contribution is -2.64. The maximum atomic E-state index is 13.1. The van der Waals surface area contributed by atoms with Crippen molar-refractivity contribution in [2.75, 3.05) is 20.7 Å². The minimum atomic E-state index is -1.78. The second-order valence-electron chi connectivity index (χ2n) is 7.09. The molecule has 2 aromatic carbocycles. The van der Waals surface area contributed by atoms with Crippen LogP contribution in [0, 0.1) is 0 Å². The first-order valence-electron chi connectivity index (χ1n) is 9.94. The largest absolute Gasteiger partial charge is 0.357 e. The molecule has 0 saturated carbocycles. The Morgan fingerprint density at radius 3 is 2.13 bits per heavy atom. The topological polar surface area (TPSA) is 87.7 Å². The van der Waals surface area contributed by atoms with Crippen molar-refractivity contribution in [3.05, 3.63) is 60.2 Å². The van der Waals surface area contributed by atoms with E-state index in [1.807, 2.05) is 49.4 Å². The summed E-state index contributed by atoms with van der Waals surface area (Å²) in [6.07, 6.45) is 1.67. The Bertz CT molecular complexity index is 868. The van der Waals surface area contributed by atoms with Gasteiger partial charge in [-0.1, -0.05) is 55.8 Å². The summed E-state index contributed by atoms with van der Waals surface area (Å²) >= 11 is 0. The molecule has 7 heteroatoms. The molecule has 7 nitrogen and oxygen atoms in total. The molecule has 2 N–H and O–H groups in total. The molecule has 2 rings (SSSR count). The van der Waals surface area contributed by atoms with Gasteiger partial charge in [0, 0.05) is 19.7 Å². The number of hydroxylamine groups is 1. The lowest BCUT2D eigenvalue weighted by molar-refractivity contribution is -0.151.